The molecule has 1 aromatic carbocycles. The summed E-state index contributed by atoms with van der Waals surface area (Å²) in [6.45, 7) is 6.95. The molecule has 0 aromatic heterocycles. The second kappa shape index (κ2) is 6.17. The highest BCUT2D eigenvalue weighted by molar-refractivity contribution is 9.10. The maximum atomic E-state index is 11.5. The Morgan fingerprint density at radius 3 is 2.59 bits per heavy atom. The maximum absolute atomic E-state index is 11.5. The van der Waals surface area contributed by atoms with Gasteiger partial charge in [0.1, 0.15) is 6.04 Å². The molecule has 3 nitrogen and oxygen atoms in total. The molecule has 94 valence electrons. The quantitative estimate of drug-likeness (QED) is 0.878. The van der Waals surface area contributed by atoms with Crippen LogP contribution in [-0.4, -0.2) is 12.5 Å². The molecule has 1 rings (SSSR count). The highest BCUT2D eigenvalue weighted by atomic mass is 79.9. The van der Waals surface area contributed by atoms with E-state index in [2.05, 4.69) is 35.1 Å². The lowest BCUT2D eigenvalue weighted by molar-refractivity contribution is -0.120. The number of hydrogen-bond acceptors (Lipinski definition) is 2. The van der Waals surface area contributed by atoms with E-state index in [-0.39, 0.29) is 5.91 Å². The minimum absolute atomic E-state index is 0.352. The van der Waals surface area contributed by atoms with E-state index in [1.807, 2.05) is 25.1 Å². The molecule has 3 N–H and O–H groups in total. The zero-order valence-electron chi connectivity index (χ0n) is 10.5. The van der Waals surface area contributed by atoms with Crippen LogP contribution in [0.1, 0.15) is 31.0 Å². The Balaban J connectivity index is 2.93. The molecule has 0 bridgehead atoms. The van der Waals surface area contributed by atoms with Gasteiger partial charge in [0.15, 0.2) is 0 Å². The van der Waals surface area contributed by atoms with Gasteiger partial charge in [0, 0.05) is 4.47 Å². The van der Waals surface area contributed by atoms with Crippen LogP contribution in [0.25, 0.3) is 0 Å². The third-order valence-electron chi connectivity index (χ3n) is 2.48. The minimum atomic E-state index is -0.438. The van der Waals surface area contributed by atoms with Crippen LogP contribution < -0.4 is 11.1 Å². The smallest absolute Gasteiger partial charge is 0.239 e. The molecule has 0 aliphatic heterocycles. The van der Waals surface area contributed by atoms with Crippen molar-refractivity contribution in [1.82, 2.24) is 5.32 Å². The fourth-order valence-corrected chi connectivity index (χ4v) is 2.31. The summed E-state index contributed by atoms with van der Waals surface area (Å²) in [6.07, 6.45) is 0. The van der Waals surface area contributed by atoms with Crippen LogP contribution in [0, 0.1) is 12.8 Å². The molecule has 1 aromatic rings. The van der Waals surface area contributed by atoms with Gasteiger partial charge < -0.3 is 11.1 Å². The first-order valence-electron chi connectivity index (χ1n) is 5.70. The summed E-state index contributed by atoms with van der Waals surface area (Å²) in [4.78, 5) is 11.5. The molecular formula is C13H19BrN2O. The largest absolute Gasteiger partial charge is 0.368 e. The maximum Gasteiger partial charge on any atom is 0.239 e. The third kappa shape index (κ3) is 4.13. The summed E-state index contributed by atoms with van der Waals surface area (Å²) in [5, 5.41) is 3.19. The lowest BCUT2D eigenvalue weighted by Gasteiger charge is -2.19. The fraction of sp³-hybridized carbons (Fsp3) is 0.462. The van der Waals surface area contributed by atoms with Gasteiger partial charge in [-0.05, 0) is 36.6 Å². The summed E-state index contributed by atoms with van der Waals surface area (Å²) >= 11 is 3.48. The van der Waals surface area contributed by atoms with Crippen molar-refractivity contribution >= 4 is 21.8 Å². The Kier molecular flexibility index (Phi) is 5.15. The Labute approximate surface area is 111 Å². The van der Waals surface area contributed by atoms with Crippen LogP contribution in [0.2, 0.25) is 0 Å². The summed E-state index contributed by atoms with van der Waals surface area (Å²) in [6, 6.07) is 5.46. The number of nitrogens with two attached hydrogens (primary N) is 1. The van der Waals surface area contributed by atoms with E-state index in [0.29, 0.717) is 5.92 Å². The van der Waals surface area contributed by atoms with Crippen LogP contribution >= 0.6 is 15.9 Å². The molecule has 0 saturated heterocycles. The van der Waals surface area contributed by atoms with Crippen molar-refractivity contribution in [2.45, 2.75) is 26.8 Å². The number of carbonyl (C=O) groups excluding carboxylic acids is 1. The number of amides is 1. The molecule has 0 spiro atoms. The van der Waals surface area contributed by atoms with E-state index >= 15 is 0 Å². The van der Waals surface area contributed by atoms with Crippen molar-refractivity contribution in [2.24, 2.45) is 11.7 Å². The van der Waals surface area contributed by atoms with Gasteiger partial charge in [0.05, 0.1) is 0 Å². The standard InChI is InChI=1S/C13H19BrN2O/c1-8(2)7-16-12(13(15)17)10-5-4-9(3)6-11(10)14/h4-6,8,12,16H,7H2,1-3H3,(H2,15,17). The number of carbonyl (C=O) groups is 1. The van der Waals surface area contributed by atoms with Gasteiger partial charge >= 0.3 is 0 Å². The summed E-state index contributed by atoms with van der Waals surface area (Å²) in [7, 11) is 0. The number of hydrogen-bond donors (Lipinski definition) is 2. The molecule has 4 heteroatoms. The highest BCUT2D eigenvalue weighted by Gasteiger charge is 2.19. The predicted octanol–water partition coefficient (Wildman–Crippen LogP) is 2.53. The molecule has 0 saturated carbocycles. The first-order valence-corrected chi connectivity index (χ1v) is 6.50. The molecule has 0 aliphatic rings. The number of primary amides is 1. The summed E-state index contributed by atoms with van der Waals surface area (Å²) in [5.74, 6) is 0.122. The lowest BCUT2D eigenvalue weighted by Crippen LogP contribution is -2.35. The fourth-order valence-electron chi connectivity index (χ4n) is 1.58. The van der Waals surface area contributed by atoms with Crippen molar-refractivity contribution in [2.75, 3.05) is 6.54 Å². The summed E-state index contributed by atoms with van der Waals surface area (Å²) < 4.78 is 0.914. The average Bonchev–Trinajstić information content (AvgIpc) is 2.20. The first kappa shape index (κ1) is 14.2. The topological polar surface area (TPSA) is 55.1 Å². The van der Waals surface area contributed by atoms with Crippen LogP contribution in [0.15, 0.2) is 22.7 Å². The Morgan fingerprint density at radius 2 is 2.12 bits per heavy atom. The van der Waals surface area contributed by atoms with E-state index in [1.54, 1.807) is 0 Å². The third-order valence-corrected chi connectivity index (χ3v) is 3.17. The molecule has 0 radical (unpaired) electrons. The Morgan fingerprint density at radius 1 is 1.47 bits per heavy atom. The monoisotopic (exact) mass is 298 g/mol. The van der Waals surface area contributed by atoms with Gasteiger partial charge in [0.2, 0.25) is 5.91 Å². The van der Waals surface area contributed by atoms with E-state index in [4.69, 9.17) is 5.73 Å². The van der Waals surface area contributed by atoms with E-state index in [1.165, 1.54) is 0 Å². The Hall–Kier alpha value is -0.870. The van der Waals surface area contributed by atoms with Gasteiger partial charge in [-0.15, -0.1) is 0 Å². The van der Waals surface area contributed by atoms with Crippen molar-refractivity contribution in [3.63, 3.8) is 0 Å². The average molecular weight is 299 g/mol. The Bertz CT molecular complexity index is 404. The van der Waals surface area contributed by atoms with Crippen molar-refractivity contribution in [1.29, 1.82) is 0 Å². The van der Waals surface area contributed by atoms with Crippen LogP contribution in [0.3, 0.4) is 0 Å². The van der Waals surface area contributed by atoms with Gasteiger partial charge in [0.25, 0.3) is 0 Å². The number of benzene rings is 1. The van der Waals surface area contributed by atoms with Crippen LogP contribution in [0.5, 0.6) is 0 Å². The van der Waals surface area contributed by atoms with E-state index in [0.717, 1.165) is 22.1 Å². The molecule has 0 aliphatic carbocycles. The first-order chi connectivity index (χ1) is 7.91. The van der Waals surface area contributed by atoms with Crippen molar-refractivity contribution in [3.05, 3.63) is 33.8 Å². The molecule has 0 heterocycles. The predicted molar refractivity (Wildman–Crippen MR) is 73.7 cm³/mol. The van der Waals surface area contributed by atoms with E-state index < -0.39 is 6.04 Å². The minimum Gasteiger partial charge on any atom is -0.368 e. The van der Waals surface area contributed by atoms with Gasteiger partial charge in [-0.1, -0.05) is 41.9 Å². The second-order valence-corrected chi connectivity index (χ2v) is 5.52. The number of rotatable bonds is 5. The van der Waals surface area contributed by atoms with E-state index in [9.17, 15) is 4.79 Å². The number of aryl methyl sites for hydroxylation is 1. The zero-order chi connectivity index (χ0) is 13.0. The molecule has 1 unspecified atom stereocenters. The van der Waals surface area contributed by atoms with Crippen molar-refractivity contribution < 1.29 is 4.79 Å². The molecule has 1 atom stereocenters. The molecular weight excluding hydrogens is 280 g/mol. The number of halogens is 1. The molecule has 0 fully saturated rings. The van der Waals surface area contributed by atoms with Crippen LogP contribution in [-0.2, 0) is 4.79 Å². The summed E-state index contributed by atoms with van der Waals surface area (Å²) in [5.41, 5.74) is 7.48. The SMILES string of the molecule is Cc1ccc(C(NCC(C)C)C(N)=O)c(Br)c1. The van der Waals surface area contributed by atoms with Gasteiger partial charge in [-0.2, -0.15) is 0 Å². The zero-order valence-corrected chi connectivity index (χ0v) is 12.0. The lowest BCUT2D eigenvalue weighted by atomic mass is 10.0. The van der Waals surface area contributed by atoms with Gasteiger partial charge in [-0.3, -0.25) is 4.79 Å². The van der Waals surface area contributed by atoms with Crippen LogP contribution in [0.4, 0.5) is 0 Å². The highest BCUT2D eigenvalue weighted by Crippen LogP contribution is 2.24. The van der Waals surface area contributed by atoms with Gasteiger partial charge in [-0.25, -0.2) is 0 Å². The second-order valence-electron chi connectivity index (χ2n) is 4.66. The normalized spacial score (nSPS) is 12.8. The number of nitrogens with one attached hydrogen (secondary N) is 1. The molecule has 1 amide bonds. The molecule has 17 heavy (non-hydrogen) atoms. The van der Waals surface area contributed by atoms with Crippen molar-refractivity contribution in [3.8, 4) is 0 Å².